The Bertz CT molecular complexity index is 336. The van der Waals surface area contributed by atoms with Crippen molar-refractivity contribution in [2.24, 2.45) is 0 Å². The second-order valence-corrected chi connectivity index (χ2v) is 4.18. The molecule has 0 aromatic carbocycles. The molecule has 0 amide bonds. The lowest BCUT2D eigenvalue weighted by Crippen LogP contribution is -2.56. The second-order valence-electron chi connectivity index (χ2n) is 4.18. The first-order valence-corrected chi connectivity index (χ1v) is 5.58. The van der Waals surface area contributed by atoms with Gasteiger partial charge >= 0.3 is 11.9 Å². The van der Waals surface area contributed by atoms with Crippen molar-refractivity contribution in [1.29, 1.82) is 0 Å². The monoisotopic (exact) mass is 268 g/mol. The molecule has 18 heavy (non-hydrogen) atoms. The van der Waals surface area contributed by atoms with Crippen LogP contribution in [0.2, 0.25) is 0 Å². The molecule has 0 aliphatic carbocycles. The van der Waals surface area contributed by atoms with E-state index in [0.717, 1.165) is 0 Å². The molecule has 2 fully saturated rings. The molecule has 0 aromatic heterocycles. The van der Waals surface area contributed by atoms with Gasteiger partial charge in [-0.05, 0) is 6.92 Å². The molecule has 2 heterocycles. The van der Waals surface area contributed by atoms with E-state index in [1.807, 2.05) is 0 Å². The summed E-state index contributed by atoms with van der Waals surface area (Å²) in [6.45, 7) is 0.595. The van der Waals surface area contributed by atoms with Crippen molar-refractivity contribution < 1.29 is 38.0 Å². The van der Waals surface area contributed by atoms with Crippen LogP contribution in [0, 0.1) is 0 Å². The lowest BCUT2D eigenvalue weighted by Gasteiger charge is -2.32. The number of hydrogen-bond acceptors (Lipinski definition) is 6. The molecule has 2 saturated heterocycles. The maximum Gasteiger partial charge on any atom is 0.379 e. The molecule has 2 N–H and O–H groups in total. The summed E-state index contributed by atoms with van der Waals surface area (Å²) in [6, 6.07) is 0. The van der Waals surface area contributed by atoms with Crippen molar-refractivity contribution in [1.82, 2.24) is 0 Å². The highest BCUT2D eigenvalue weighted by atomic mass is 19.3. The summed E-state index contributed by atoms with van der Waals surface area (Å²) >= 11 is 0. The second kappa shape index (κ2) is 4.69. The SMILES string of the molecule is CCOC(=O)C(F)(F)C1O[C@H](CO)[C@@H](O)C2OC21. The maximum absolute atomic E-state index is 13.8. The molecule has 2 aliphatic heterocycles. The first kappa shape index (κ1) is 13.6. The number of rotatable bonds is 4. The normalized spacial score (nSPS) is 39.1. The van der Waals surface area contributed by atoms with Crippen LogP contribution in [-0.2, 0) is 19.0 Å². The van der Waals surface area contributed by atoms with Crippen LogP contribution in [0.4, 0.5) is 8.78 Å². The van der Waals surface area contributed by atoms with Gasteiger partial charge < -0.3 is 24.4 Å². The Hall–Kier alpha value is -0.830. The Labute approximate surface area is 101 Å². The highest BCUT2D eigenvalue weighted by molar-refractivity contribution is 5.78. The van der Waals surface area contributed by atoms with Gasteiger partial charge in [-0.3, -0.25) is 0 Å². The van der Waals surface area contributed by atoms with Gasteiger partial charge in [0.25, 0.3) is 0 Å². The average molecular weight is 268 g/mol. The molecular formula is C10H14F2O6. The predicted octanol–water partition coefficient (Wildman–Crippen LogP) is -0.927. The van der Waals surface area contributed by atoms with Crippen molar-refractivity contribution in [2.45, 2.75) is 43.4 Å². The van der Waals surface area contributed by atoms with E-state index in [4.69, 9.17) is 14.6 Å². The summed E-state index contributed by atoms with van der Waals surface area (Å²) in [6.07, 6.45) is -6.10. The number of fused-ring (bicyclic) bond motifs is 1. The zero-order chi connectivity index (χ0) is 13.5. The summed E-state index contributed by atoms with van der Waals surface area (Å²) in [4.78, 5) is 11.2. The predicted molar refractivity (Wildman–Crippen MR) is 52.0 cm³/mol. The van der Waals surface area contributed by atoms with Crippen LogP contribution < -0.4 is 0 Å². The van der Waals surface area contributed by atoms with Crippen molar-refractivity contribution in [3.8, 4) is 0 Å². The van der Waals surface area contributed by atoms with Crippen molar-refractivity contribution in [3.05, 3.63) is 0 Å². The number of epoxide rings is 1. The van der Waals surface area contributed by atoms with Gasteiger partial charge in [0, 0.05) is 0 Å². The Morgan fingerprint density at radius 2 is 2.06 bits per heavy atom. The molecule has 5 atom stereocenters. The molecule has 0 spiro atoms. The third-order valence-electron chi connectivity index (χ3n) is 2.98. The highest BCUT2D eigenvalue weighted by Gasteiger charge is 2.67. The minimum Gasteiger partial charge on any atom is -0.461 e. The van der Waals surface area contributed by atoms with Crippen molar-refractivity contribution in [2.75, 3.05) is 13.2 Å². The van der Waals surface area contributed by atoms with Crippen LogP contribution in [0.25, 0.3) is 0 Å². The van der Waals surface area contributed by atoms with Crippen molar-refractivity contribution in [3.63, 3.8) is 0 Å². The molecule has 8 heteroatoms. The minimum absolute atomic E-state index is 0.178. The van der Waals surface area contributed by atoms with Gasteiger partial charge in [-0.2, -0.15) is 8.78 Å². The number of halogens is 2. The van der Waals surface area contributed by atoms with Crippen molar-refractivity contribution >= 4 is 5.97 Å². The summed E-state index contributed by atoms with van der Waals surface area (Å²) in [7, 11) is 0. The summed E-state index contributed by atoms with van der Waals surface area (Å²) in [5, 5.41) is 18.5. The van der Waals surface area contributed by atoms with Crippen LogP contribution in [-0.4, -0.2) is 65.8 Å². The Kier molecular flexibility index (Phi) is 3.54. The summed E-state index contributed by atoms with van der Waals surface area (Å²) in [5.41, 5.74) is 0. The van der Waals surface area contributed by atoms with E-state index in [1.54, 1.807) is 0 Å². The van der Waals surface area contributed by atoms with Crippen LogP contribution >= 0.6 is 0 Å². The van der Waals surface area contributed by atoms with Gasteiger partial charge in [0.1, 0.15) is 24.4 Å². The van der Waals surface area contributed by atoms with E-state index in [2.05, 4.69) is 4.74 Å². The largest absolute Gasteiger partial charge is 0.461 e. The van der Waals surface area contributed by atoms with Gasteiger partial charge in [0.2, 0.25) is 0 Å². The highest BCUT2D eigenvalue weighted by Crippen LogP contribution is 2.43. The summed E-state index contributed by atoms with van der Waals surface area (Å²) < 4.78 is 41.5. The van der Waals surface area contributed by atoms with E-state index in [-0.39, 0.29) is 6.61 Å². The quantitative estimate of drug-likeness (QED) is 0.506. The molecule has 0 aromatic rings. The molecule has 0 bridgehead atoms. The minimum atomic E-state index is -3.87. The Balaban J connectivity index is 2.11. The van der Waals surface area contributed by atoms with E-state index < -0.39 is 49.0 Å². The molecule has 2 rings (SSSR count). The Morgan fingerprint density at radius 3 is 2.61 bits per heavy atom. The molecule has 104 valence electrons. The topological polar surface area (TPSA) is 88.5 Å². The number of hydrogen-bond donors (Lipinski definition) is 2. The molecule has 0 saturated carbocycles. The number of alkyl halides is 2. The van der Waals surface area contributed by atoms with Crippen LogP contribution in [0.5, 0.6) is 0 Å². The number of carbonyl (C=O) groups is 1. The molecule has 2 aliphatic rings. The summed E-state index contributed by atoms with van der Waals surface area (Å²) in [5.74, 6) is -5.57. The number of aliphatic hydroxyl groups is 2. The van der Waals surface area contributed by atoms with E-state index in [1.165, 1.54) is 6.92 Å². The molecule has 3 unspecified atom stereocenters. The Morgan fingerprint density at radius 1 is 1.39 bits per heavy atom. The van der Waals surface area contributed by atoms with E-state index >= 15 is 0 Å². The van der Waals surface area contributed by atoms with Gasteiger partial charge in [-0.15, -0.1) is 0 Å². The zero-order valence-corrected chi connectivity index (χ0v) is 9.58. The first-order chi connectivity index (χ1) is 8.43. The fourth-order valence-electron chi connectivity index (χ4n) is 2.00. The third-order valence-corrected chi connectivity index (χ3v) is 2.98. The van der Waals surface area contributed by atoms with E-state index in [0.29, 0.717) is 0 Å². The zero-order valence-electron chi connectivity index (χ0n) is 9.58. The van der Waals surface area contributed by atoms with E-state index in [9.17, 15) is 18.7 Å². The van der Waals surface area contributed by atoms with Crippen LogP contribution in [0.3, 0.4) is 0 Å². The number of carbonyl (C=O) groups excluding carboxylic acids is 1. The standard InChI is InChI=1S/C10H14F2O6/c1-2-16-9(15)10(11,12)8-7-6(18-7)5(14)4(3-13)17-8/h4-8,13-14H,2-3H2,1H3/t4-,5-,6?,7?,8?/m1/s1. The van der Waals surface area contributed by atoms with Crippen LogP contribution in [0.1, 0.15) is 6.92 Å². The third kappa shape index (κ3) is 2.09. The average Bonchev–Trinajstić information content (AvgIpc) is 3.10. The van der Waals surface area contributed by atoms with Gasteiger partial charge in [0.05, 0.1) is 13.2 Å². The first-order valence-electron chi connectivity index (χ1n) is 5.58. The molecule has 0 radical (unpaired) electrons. The number of esters is 1. The fourth-order valence-corrected chi connectivity index (χ4v) is 2.00. The number of ether oxygens (including phenoxy) is 3. The lowest BCUT2D eigenvalue weighted by atomic mass is 9.97. The molecular weight excluding hydrogens is 254 g/mol. The fraction of sp³-hybridized carbons (Fsp3) is 0.900. The smallest absolute Gasteiger partial charge is 0.379 e. The number of aliphatic hydroxyl groups excluding tert-OH is 2. The van der Waals surface area contributed by atoms with Gasteiger partial charge in [-0.25, -0.2) is 4.79 Å². The van der Waals surface area contributed by atoms with Crippen LogP contribution in [0.15, 0.2) is 0 Å². The van der Waals surface area contributed by atoms with Gasteiger partial charge in [-0.1, -0.05) is 0 Å². The molecule has 6 nitrogen and oxygen atoms in total. The van der Waals surface area contributed by atoms with Gasteiger partial charge in [0.15, 0.2) is 6.10 Å². The lowest BCUT2D eigenvalue weighted by molar-refractivity contribution is -0.219. The maximum atomic E-state index is 13.8.